The van der Waals surface area contributed by atoms with Crippen molar-refractivity contribution in [2.24, 2.45) is 0 Å². The maximum atomic E-state index is 13.2. The molecule has 0 atom stereocenters. The normalized spacial score (nSPS) is 11.9. The number of aromatic nitrogens is 2. The van der Waals surface area contributed by atoms with Crippen LogP contribution in [0.15, 0.2) is 30.5 Å². The molecule has 7 heteroatoms. The van der Waals surface area contributed by atoms with Crippen molar-refractivity contribution in [3.05, 3.63) is 52.3 Å². The molecule has 1 aromatic carbocycles. The van der Waals surface area contributed by atoms with E-state index in [0.29, 0.717) is 17.1 Å². The summed E-state index contributed by atoms with van der Waals surface area (Å²) in [4.78, 5) is 0. The second-order valence-electron chi connectivity index (χ2n) is 4.58. The molecular formula is C14H15ClF3N3. The number of halogens is 4. The Labute approximate surface area is 125 Å². The minimum Gasteiger partial charge on any atom is -0.313 e. The second kappa shape index (κ2) is 6.49. The van der Waals surface area contributed by atoms with E-state index >= 15 is 0 Å². The van der Waals surface area contributed by atoms with Gasteiger partial charge in [-0.3, -0.25) is 4.68 Å². The van der Waals surface area contributed by atoms with Crippen LogP contribution in [0.5, 0.6) is 0 Å². The first-order valence-corrected chi connectivity index (χ1v) is 6.86. The van der Waals surface area contributed by atoms with Gasteiger partial charge in [-0.05, 0) is 24.2 Å². The topological polar surface area (TPSA) is 29.9 Å². The minimum absolute atomic E-state index is 0.0293. The number of alkyl halides is 3. The summed E-state index contributed by atoms with van der Waals surface area (Å²) >= 11 is 5.85. The van der Waals surface area contributed by atoms with E-state index in [0.717, 1.165) is 4.68 Å². The molecule has 0 fully saturated rings. The Morgan fingerprint density at radius 2 is 2.10 bits per heavy atom. The highest BCUT2D eigenvalue weighted by atomic mass is 35.5. The number of rotatable bonds is 5. The molecule has 0 bridgehead atoms. The minimum atomic E-state index is -4.44. The van der Waals surface area contributed by atoms with Crippen LogP contribution >= 0.6 is 11.6 Å². The Hall–Kier alpha value is -1.53. The van der Waals surface area contributed by atoms with Gasteiger partial charge in [-0.1, -0.05) is 30.7 Å². The summed E-state index contributed by atoms with van der Waals surface area (Å²) < 4.78 is 40.7. The molecule has 0 saturated carbocycles. The van der Waals surface area contributed by atoms with Crippen LogP contribution in [0.25, 0.3) is 0 Å². The van der Waals surface area contributed by atoms with Gasteiger partial charge in [-0.25, -0.2) is 0 Å². The van der Waals surface area contributed by atoms with Gasteiger partial charge in [0.15, 0.2) is 0 Å². The highest BCUT2D eigenvalue weighted by molar-refractivity contribution is 6.30. The third kappa shape index (κ3) is 3.98. The van der Waals surface area contributed by atoms with Crippen LogP contribution in [0.1, 0.15) is 23.7 Å². The Bertz CT molecular complexity index is 608. The van der Waals surface area contributed by atoms with Gasteiger partial charge < -0.3 is 5.32 Å². The second-order valence-corrected chi connectivity index (χ2v) is 5.02. The third-order valence-electron chi connectivity index (χ3n) is 2.97. The average molecular weight is 318 g/mol. The fourth-order valence-corrected chi connectivity index (χ4v) is 2.28. The molecule has 0 saturated heterocycles. The van der Waals surface area contributed by atoms with Crippen LogP contribution in [0.2, 0.25) is 5.02 Å². The molecule has 0 spiro atoms. The highest BCUT2D eigenvalue weighted by Crippen LogP contribution is 2.32. The number of hydrogen-bond donors (Lipinski definition) is 1. The average Bonchev–Trinajstić information content (AvgIpc) is 2.79. The smallest absolute Gasteiger partial charge is 0.313 e. The molecule has 1 aromatic heterocycles. The lowest BCUT2D eigenvalue weighted by Gasteiger charge is -2.13. The molecule has 0 aliphatic rings. The van der Waals surface area contributed by atoms with E-state index in [2.05, 4.69) is 10.4 Å². The summed E-state index contributed by atoms with van der Waals surface area (Å²) in [5, 5.41) is 7.25. The number of nitrogens with one attached hydrogen (secondary N) is 1. The van der Waals surface area contributed by atoms with E-state index in [-0.39, 0.29) is 18.7 Å². The molecule has 1 heterocycles. The van der Waals surface area contributed by atoms with E-state index in [9.17, 15) is 13.2 Å². The Morgan fingerprint density at radius 3 is 2.71 bits per heavy atom. The van der Waals surface area contributed by atoms with E-state index in [1.54, 1.807) is 24.3 Å². The van der Waals surface area contributed by atoms with Crippen LogP contribution in [-0.2, 0) is 19.3 Å². The summed E-state index contributed by atoms with van der Waals surface area (Å²) in [6.45, 7) is 2.60. The van der Waals surface area contributed by atoms with Gasteiger partial charge in [0.25, 0.3) is 0 Å². The fraction of sp³-hybridized carbons (Fsp3) is 0.357. The lowest BCUT2D eigenvalue weighted by atomic mass is 10.2. The van der Waals surface area contributed by atoms with Gasteiger partial charge in [0.2, 0.25) is 0 Å². The van der Waals surface area contributed by atoms with Crippen molar-refractivity contribution < 1.29 is 13.2 Å². The first kappa shape index (κ1) is 15.9. The van der Waals surface area contributed by atoms with Crippen LogP contribution in [0.4, 0.5) is 13.2 Å². The lowest BCUT2D eigenvalue weighted by molar-refractivity contribution is -0.144. The van der Waals surface area contributed by atoms with Crippen molar-refractivity contribution in [2.45, 2.75) is 26.2 Å². The van der Waals surface area contributed by atoms with E-state index < -0.39 is 11.9 Å². The van der Waals surface area contributed by atoms with Crippen LogP contribution in [0.3, 0.4) is 0 Å². The predicted molar refractivity (Wildman–Crippen MR) is 75.2 cm³/mol. The molecule has 0 aliphatic carbocycles. The van der Waals surface area contributed by atoms with E-state index in [1.165, 1.54) is 6.20 Å². The quantitative estimate of drug-likeness (QED) is 0.911. The van der Waals surface area contributed by atoms with Crippen molar-refractivity contribution in [2.75, 3.05) is 6.54 Å². The summed E-state index contributed by atoms with van der Waals surface area (Å²) in [6, 6.07) is 6.73. The van der Waals surface area contributed by atoms with Crippen molar-refractivity contribution in [3.63, 3.8) is 0 Å². The molecule has 1 N–H and O–H groups in total. The zero-order valence-corrected chi connectivity index (χ0v) is 12.2. The summed E-state index contributed by atoms with van der Waals surface area (Å²) in [6.07, 6.45) is -3.18. The first-order chi connectivity index (χ1) is 9.91. The van der Waals surface area contributed by atoms with Crippen molar-refractivity contribution in [1.29, 1.82) is 0 Å². The summed E-state index contributed by atoms with van der Waals surface area (Å²) in [5.74, 6) is 0. The van der Waals surface area contributed by atoms with Crippen LogP contribution in [0, 0.1) is 0 Å². The molecule has 2 rings (SSSR count). The molecule has 0 amide bonds. The van der Waals surface area contributed by atoms with Crippen molar-refractivity contribution in [1.82, 2.24) is 15.1 Å². The molecule has 2 aromatic rings. The lowest BCUT2D eigenvalue weighted by Crippen LogP contribution is -2.20. The Kier molecular flexibility index (Phi) is 4.90. The molecule has 3 nitrogen and oxygen atoms in total. The fourth-order valence-electron chi connectivity index (χ4n) is 2.07. The summed E-state index contributed by atoms with van der Waals surface area (Å²) in [5.41, 5.74) is 0.0981. The van der Waals surface area contributed by atoms with Gasteiger partial charge in [0.1, 0.15) is 5.69 Å². The predicted octanol–water partition coefficient (Wildman–Crippen LogP) is 3.71. The maximum absolute atomic E-state index is 13.2. The third-order valence-corrected chi connectivity index (χ3v) is 3.21. The molecule has 0 aliphatic heterocycles. The van der Waals surface area contributed by atoms with Gasteiger partial charge in [-0.2, -0.15) is 18.3 Å². The van der Waals surface area contributed by atoms with Gasteiger partial charge in [0.05, 0.1) is 12.7 Å². The van der Waals surface area contributed by atoms with E-state index in [4.69, 9.17) is 11.6 Å². The van der Waals surface area contributed by atoms with Crippen LogP contribution in [-0.4, -0.2) is 16.3 Å². The summed E-state index contributed by atoms with van der Waals surface area (Å²) in [7, 11) is 0. The zero-order chi connectivity index (χ0) is 15.5. The first-order valence-electron chi connectivity index (χ1n) is 6.49. The number of nitrogens with zero attached hydrogens (tertiary/aromatic N) is 2. The number of benzene rings is 1. The van der Waals surface area contributed by atoms with Gasteiger partial charge in [-0.15, -0.1) is 0 Å². The van der Waals surface area contributed by atoms with Gasteiger partial charge >= 0.3 is 6.18 Å². The van der Waals surface area contributed by atoms with Crippen LogP contribution < -0.4 is 5.32 Å². The Balaban J connectivity index is 2.33. The molecular weight excluding hydrogens is 303 g/mol. The molecule has 0 radical (unpaired) electrons. The highest BCUT2D eigenvalue weighted by Gasteiger charge is 2.37. The van der Waals surface area contributed by atoms with E-state index in [1.807, 2.05) is 6.92 Å². The number of hydrogen-bond acceptors (Lipinski definition) is 2. The zero-order valence-electron chi connectivity index (χ0n) is 11.4. The molecule has 0 unspecified atom stereocenters. The molecule has 21 heavy (non-hydrogen) atoms. The standard InChI is InChI=1S/C14H15ClF3N3/c1-2-19-7-11-8-20-21(13(11)14(16,17)18)9-10-4-3-5-12(15)6-10/h3-6,8,19H,2,7,9H2,1H3. The van der Waals surface area contributed by atoms with Gasteiger partial charge in [0, 0.05) is 17.1 Å². The van der Waals surface area contributed by atoms with Crippen molar-refractivity contribution in [3.8, 4) is 0 Å². The SMILES string of the molecule is CCNCc1cnn(Cc2cccc(Cl)c2)c1C(F)(F)F. The monoisotopic (exact) mass is 317 g/mol. The Morgan fingerprint density at radius 1 is 1.33 bits per heavy atom. The maximum Gasteiger partial charge on any atom is 0.433 e. The van der Waals surface area contributed by atoms with Crippen molar-refractivity contribution >= 4 is 11.6 Å². The largest absolute Gasteiger partial charge is 0.433 e. The molecule has 114 valence electrons.